The SMILES string of the molecule is COc1cccc(NC(=O)c2ccccc2N(C)S(=O)(=O)c2ccc(Cl)cc2)c1. The molecule has 0 saturated carbocycles. The average Bonchev–Trinajstić information content (AvgIpc) is 2.73. The number of carbonyl (C=O) groups excluding carboxylic acids is 1. The predicted octanol–water partition coefficient (Wildman–Crippen LogP) is 4.43. The molecule has 0 spiro atoms. The van der Waals surface area contributed by atoms with E-state index in [0.29, 0.717) is 16.5 Å². The van der Waals surface area contributed by atoms with E-state index in [-0.39, 0.29) is 16.1 Å². The summed E-state index contributed by atoms with van der Waals surface area (Å²) in [5, 5.41) is 3.20. The number of benzene rings is 3. The Morgan fingerprint density at radius 3 is 2.38 bits per heavy atom. The van der Waals surface area contributed by atoms with E-state index in [0.717, 1.165) is 4.31 Å². The molecule has 3 aromatic carbocycles. The molecule has 8 heteroatoms. The van der Waals surface area contributed by atoms with Crippen molar-refractivity contribution in [3.8, 4) is 5.75 Å². The third-order valence-corrected chi connectivity index (χ3v) is 6.33. The molecule has 3 rings (SSSR count). The van der Waals surface area contributed by atoms with Crippen molar-refractivity contribution in [1.29, 1.82) is 0 Å². The van der Waals surface area contributed by atoms with Gasteiger partial charge < -0.3 is 10.1 Å². The van der Waals surface area contributed by atoms with Crippen molar-refractivity contribution in [1.82, 2.24) is 0 Å². The van der Waals surface area contributed by atoms with Crippen LogP contribution in [0, 0.1) is 0 Å². The first kappa shape index (κ1) is 20.7. The second-order valence-corrected chi connectivity index (χ2v) is 8.54. The van der Waals surface area contributed by atoms with Gasteiger partial charge in [-0.05, 0) is 48.5 Å². The molecule has 1 N–H and O–H groups in total. The first-order valence-corrected chi connectivity index (χ1v) is 10.4. The minimum absolute atomic E-state index is 0.0763. The minimum Gasteiger partial charge on any atom is -0.497 e. The van der Waals surface area contributed by atoms with Crippen molar-refractivity contribution in [2.45, 2.75) is 4.90 Å². The van der Waals surface area contributed by atoms with Gasteiger partial charge in [0.1, 0.15) is 5.75 Å². The Kier molecular flexibility index (Phi) is 6.10. The molecule has 3 aromatic rings. The summed E-state index contributed by atoms with van der Waals surface area (Å²) in [4.78, 5) is 12.9. The lowest BCUT2D eigenvalue weighted by molar-refractivity contribution is 0.102. The third-order valence-electron chi connectivity index (χ3n) is 4.29. The highest BCUT2D eigenvalue weighted by molar-refractivity contribution is 7.92. The molecular weight excluding hydrogens is 412 g/mol. The molecule has 0 aromatic heterocycles. The van der Waals surface area contributed by atoms with E-state index in [9.17, 15) is 13.2 Å². The molecule has 0 unspecified atom stereocenters. The van der Waals surface area contributed by atoms with Gasteiger partial charge in [-0.1, -0.05) is 29.8 Å². The van der Waals surface area contributed by atoms with Crippen LogP contribution in [-0.2, 0) is 10.0 Å². The van der Waals surface area contributed by atoms with Gasteiger partial charge in [-0.15, -0.1) is 0 Å². The lowest BCUT2D eigenvalue weighted by atomic mass is 10.1. The molecule has 0 aliphatic carbocycles. The first-order chi connectivity index (χ1) is 13.8. The zero-order valence-corrected chi connectivity index (χ0v) is 17.4. The van der Waals surface area contributed by atoms with Gasteiger partial charge in [-0.25, -0.2) is 8.42 Å². The van der Waals surface area contributed by atoms with Crippen LogP contribution in [0.2, 0.25) is 5.02 Å². The molecule has 29 heavy (non-hydrogen) atoms. The number of methoxy groups -OCH3 is 1. The number of carbonyl (C=O) groups is 1. The van der Waals surface area contributed by atoms with Gasteiger partial charge in [0.2, 0.25) is 0 Å². The molecule has 0 aliphatic rings. The van der Waals surface area contributed by atoms with E-state index in [4.69, 9.17) is 16.3 Å². The van der Waals surface area contributed by atoms with Crippen molar-refractivity contribution in [2.75, 3.05) is 23.8 Å². The van der Waals surface area contributed by atoms with Crippen molar-refractivity contribution in [3.05, 3.63) is 83.4 Å². The molecule has 1 amide bonds. The Morgan fingerprint density at radius 1 is 1.00 bits per heavy atom. The molecule has 0 bridgehead atoms. The summed E-state index contributed by atoms with van der Waals surface area (Å²) in [5.74, 6) is 0.158. The van der Waals surface area contributed by atoms with Gasteiger partial charge in [0.25, 0.3) is 15.9 Å². The number of hydrogen-bond donors (Lipinski definition) is 1. The Labute approximate surface area is 174 Å². The van der Waals surface area contributed by atoms with E-state index in [2.05, 4.69) is 5.32 Å². The van der Waals surface area contributed by atoms with Crippen LogP contribution in [0.4, 0.5) is 11.4 Å². The molecule has 0 radical (unpaired) electrons. The normalized spacial score (nSPS) is 11.0. The van der Waals surface area contributed by atoms with Gasteiger partial charge in [0.05, 0.1) is 23.3 Å². The molecule has 0 heterocycles. The number of nitrogens with zero attached hydrogens (tertiary/aromatic N) is 1. The van der Waals surface area contributed by atoms with Gasteiger partial charge in [0, 0.05) is 23.8 Å². The lowest BCUT2D eigenvalue weighted by Crippen LogP contribution is -2.29. The van der Waals surface area contributed by atoms with E-state index in [1.165, 1.54) is 38.4 Å². The summed E-state index contributed by atoms with van der Waals surface area (Å²) in [6.45, 7) is 0. The number of rotatable bonds is 6. The molecule has 0 saturated heterocycles. The van der Waals surface area contributed by atoms with Crippen molar-refractivity contribution in [2.24, 2.45) is 0 Å². The number of sulfonamides is 1. The van der Waals surface area contributed by atoms with Crippen LogP contribution in [0.5, 0.6) is 5.75 Å². The molecule has 6 nitrogen and oxygen atoms in total. The smallest absolute Gasteiger partial charge is 0.264 e. The third kappa shape index (κ3) is 4.52. The number of anilines is 2. The van der Waals surface area contributed by atoms with Gasteiger partial charge in [-0.2, -0.15) is 0 Å². The first-order valence-electron chi connectivity index (χ1n) is 8.62. The van der Waals surface area contributed by atoms with Gasteiger partial charge in [-0.3, -0.25) is 9.10 Å². The Balaban J connectivity index is 1.93. The number of amides is 1. The number of halogens is 1. The quantitative estimate of drug-likeness (QED) is 0.627. The fourth-order valence-electron chi connectivity index (χ4n) is 2.73. The average molecular weight is 431 g/mol. The van der Waals surface area contributed by atoms with Crippen LogP contribution >= 0.6 is 11.6 Å². The maximum atomic E-state index is 13.0. The topological polar surface area (TPSA) is 75.7 Å². The molecule has 150 valence electrons. The van der Waals surface area contributed by atoms with E-state index in [1.807, 2.05) is 0 Å². The summed E-state index contributed by atoms with van der Waals surface area (Å²) in [6.07, 6.45) is 0. The Morgan fingerprint density at radius 2 is 1.69 bits per heavy atom. The zero-order valence-electron chi connectivity index (χ0n) is 15.8. The highest BCUT2D eigenvalue weighted by Gasteiger charge is 2.25. The summed E-state index contributed by atoms with van der Waals surface area (Å²) < 4.78 is 32.2. The molecule has 0 atom stereocenters. The highest BCUT2D eigenvalue weighted by atomic mass is 35.5. The second-order valence-electron chi connectivity index (χ2n) is 6.13. The number of hydrogen-bond acceptors (Lipinski definition) is 4. The van der Waals surface area contributed by atoms with Crippen molar-refractivity contribution < 1.29 is 17.9 Å². The van der Waals surface area contributed by atoms with Crippen LogP contribution in [0.25, 0.3) is 0 Å². The minimum atomic E-state index is -3.87. The predicted molar refractivity (Wildman–Crippen MR) is 114 cm³/mol. The largest absolute Gasteiger partial charge is 0.497 e. The van der Waals surface area contributed by atoms with Crippen LogP contribution in [0.15, 0.2) is 77.7 Å². The van der Waals surface area contributed by atoms with Crippen molar-refractivity contribution >= 4 is 38.9 Å². The Bertz CT molecular complexity index is 1130. The second kappa shape index (κ2) is 8.55. The number of nitrogens with one attached hydrogen (secondary N) is 1. The number of ether oxygens (including phenoxy) is 1. The van der Waals surface area contributed by atoms with Crippen LogP contribution in [0.3, 0.4) is 0 Å². The molecule has 0 aliphatic heterocycles. The summed E-state index contributed by atoms with van der Waals surface area (Å²) in [5.41, 5.74) is 1.01. The van der Waals surface area contributed by atoms with Gasteiger partial charge >= 0.3 is 0 Å². The van der Waals surface area contributed by atoms with Crippen molar-refractivity contribution in [3.63, 3.8) is 0 Å². The van der Waals surface area contributed by atoms with E-state index >= 15 is 0 Å². The van der Waals surface area contributed by atoms with Crippen LogP contribution in [0.1, 0.15) is 10.4 Å². The Hall–Kier alpha value is -3.03. The summed E-state index contributed by atoms with van der Waals surface area (Å²) >= 11 is 5.85. The highest BCUT2D eigenvalue weighted by Crippen LogP contribution is 2.27. The maximum Gasteiger partial charge on any atom is 0.264 e. The van der Waals surface area contributed by atoms with E-state index in [1.54, 1.807) is 48.5 Å². The van der Waals surface area contributed by atoms with Crippen LogP contribution < -0.4 is 14.4 Å². The zero-order chi connectivity index (χ0) is 21.0. The van der Waals surface area contributed by atoms with E-state index < -0.39 is 15.9 Å². The fraction of sp³-hybridized carbons (Fsp3) is 0.0952. The standard InChI is InChI=1S/C21H19ClN2O4S/c1-24(29(26,27)18-12-10-15(22)11-13-18)20-9-4-3-8-19(20)21(25)23-16-6-5-7-17(14-16)28-2/h3-14H,1-2H3,(H,23,25). The molecule has 0 fully saturated rings. The number of para-hydroxylation sites is 1. The maximum absolute atomic E-state index is 13.0. The molecular formula is C21H19ClN2O4S. The lowest BCUT2D eigenvalue weighted by Gasteiger charge is -2.22. The fourth-order valence-corrected chi connectivity index (χ4v) is 4.07. The monoisotopic (exact) mass is 430 g/mol. The van der Waals surface area contributed by atoms with Crippen LogP contribution in [-0.4, -0.2) is 28.5 Å². The summed E-state index contributed by atoms with van der Waals surface area (Å²) in [6, 6.07) is 19.2. The van der Waals surface area contributed by atoms with Gasteiger partial charge in [0.15, 0.2) is 0 Å². The summed E-state index contributed by atoms with van der Waals surface area (Å²) in [7, 11) is -0.935.